The van der Waals surface area contributed by atoms with E-state index in [1.54, 1.807) is 7.11 Å². The number of methoxy groups -OCH3 is 1. The Morgan fingerprint density at radius 1 is 0.556 bits per heavy atom. The third-order valence-corrected chi connectivity index (χ3v) is 3.81. The van der Waals surface area contributed by atoms with Gasteiger partial charge in [-0.1, -0.05) is 26.2 Å². The molecule has 0 aliphatic carbocycles. The third kappa shape index (κ3) is 14.4. The number of unbranched alkanes of at least 4 members (excludes halogenated alkanes) is 3. The van der Waals surface area contributed by atoms with E-state index in [-0.39, 0.29) is 0 Å². The SMILES string of the molecule is CCCCCCOCCOCCOCCOCCOc1ccc(OC)cc1. The van der Waals surface area contributed by atoms with Gasteiger partial charge < -0.3 is 28.4 Å². The van der Waals surface area contributed by atoms with Crippen molar-refractivity contribution in [1.29, 1.82) is 0 Å². The first-order valence-electron chi connectivity index (χ1n) is 9.94. The normalized spacial score (nSPS) is 10.9. The van der Waals surface area contributed by atoms with Crippen LogP contribution in [-0.4, -0.2) is 66.6 Å². The molecular formula is C21H36O6. The van der Waals surface area contributed by atoms with Crippen molar-refractivity contribution in [3.05, 3.63) is 24.3 Å². The minimum Gasteiger partial charge on any atom is -0.497 e. The molecule has 0 N–H and O–H groups in total. The topological polar surface area (TPSA) is 55.4 Å². The lowest BCUT2D eigenvalue weighted by atomic mass is 10.2. The molecule has 6 nitrogen and oxygen atoms in total. The fourth-order valence-electron chi connectivity index (χ4n) is 2.28. The van der Waals surface area contributed by atoms with Crippen LogP contribution in [0, 0.1) is 0 Å². The number of benzene rings is 1. The van der Waals surface area contributed by atoms with Crippen LogP contribution in [0.5, 0.6) is 11.5 Å². The molecule has 0 spiro atoms. The van der Waals surface area contributed by atoms with Gasteiger partial charge in [0.15, 0.2) is 0 Å². The number of ether oxygens (including phenoxy) is 6. The Bertz CT molecular complexity index is 423. The van der Waals surface area contributed by atoms with E-state index < -0.39 is 0 Å². The predicted octanol–water partition coefficient (Wildman–Crippen LogP) is 3.72. The van der Waals surface area contributed by atoms with Crippen molar-refractivity contribution in [2.75, 3.05) is 66.6 Å². The molecular weight excluding hydrogens is 348 g/mol. The average Bonchev–Trinajstić information content (AvgIpc) is 2.70. The van der Waals surface area contributed by atoms with Gasteiger partial charge in [0.25, 0.3) is 0 Å². The molecule has 0 bridgehead atoms. The van der Waals surface area contributed by atoms with Crippen LogP contribution in [-0.2, 0) is 18.9 Å². The van der Waals surface area contributed by atoms with Gasteiger partial charge in [0.05, 0.1) is 53.4 Å². The van der Waals surface area contributed by atoms with E-state index in [0.717, 1.165) is 24.5 Å². The lowest BCUT2D eigenvalue weighted by Crippen LogP contribution is -2.13. The monoisotopic (exact) mass is 384 g/mol. The average molecular weight is 385 g/mol. The first kappa shape index (κ1) is 23.7. The van der Waals surface area contributed by atoms with Crippen molar-refractivity contribution in [3.63, 3.8) is 0 Å². The van der Waals surface area contributed by atoms with Gasteiger partial charge in [0, 0.05) is 6.61 Å². The van der Waals surface area contributed by atoms with Crippen LogP contribution >= 0.6 is 0 Å². The van der Waals surface area contributed by atoms with E-state index in [1.807, 2.05) is 24.3 Å². The first-order chi connectivity index (χ1) is 13.4. The Morgan fingerprint density at radius 3 is 1.56 bits per heavy atom. The van der Waals surface area contributed by atoms with Gasteiger partial charge in [-0.05, 0) is 30.7 Å². The maximum absolute atomic E-state index is 5.57. The van der Waals surface area contributed by atoms with Gasteiger partial charge in [-0.25, -0.2) is 0 Å². The number of hydrogen-bond acceptors (Lipinski definition) is 6. The van der Waals surface area contributed by atoms with Crippen LogP contribution in [0.25, 0.3) is 0 Å². The number of rotatable bonds is 19. The van der Waals surface area contributed by atoms with Crippen molar-refractivity contribution in [2.24, 2.45) is 0 Å². The highest BCUT2D eigenvalue weighted by Crippen LogP contribution is 2.16. The smallest absolute Gasteiger partial charge is 0.119 e. The van der Waals surface area contributed by atoms with Gasteiger partial charge >= 0.3 is 0 Å². The van der Waals surface area contributed by atoms with E-state index in [0.29, 0.717) is 52.9 Å². The van der Waals surface area contributed by atoms with Crippen LogP contribution in [0.15, 0.2) is 24.3 Å². The summed E-state index contributed by atoms with van der Waals surface area (Å²) in [6, 6.07) is 7.48. The first-order valence-corrected chi connectivity index (χ1v) is 9.94. The summed E-state index contributed by atoms with van der Waals surface area (Å²) in [6.07, 6.45) is 4.94. The van der Waals surface area contributed by atoms with E-state index in [4.69, 9.17) is 28.4 Å². The maximum Gasteiger partial charge on any atom is 0.119 e. The molecule has 156 valence electrons. The lowest BCUT2D eigenvalue weighted by Gasteiger charge is -2.09. The highest BCUT2D eigenvalue weighted by atomic mass is 16.6. The molecule has 1 aromatic carbocycles. The standard InChI is InChI=1S/C21H36O6/c1-3-4-5-6-11-23-12-13-24-14-15-25-16-17-26-18-19-27-21-9-7-20(22-2)8-10-21/h7-10H,3-6,11-19H2,1-2H3. The van der Waals surface area contributed by atoms with Crippen LogP contribution < -0.4 is 9.47 Å². The molecule has 0 aliphatic heterocycles. The number of hydrogen-bond donors (Lipinski definition) is 0. The summed E-state index contributed by atoms with van der Waals surface area (Å²) in [4.78, 5) is 0. The highest BCUT2D eigenvalue weighted by molar-refractivity contribution is 5.31. The summed E-state index contributed by atoms with van der Waals surface area (Å²) >= 11 is 0. The second-order valence-electron chi connectivity index (χ2n) is 6.03. The molecule has 0 amide bonds. The Hall–Kier alpha value is -1.34. The van der Waals surface area contributed by atoms with Crippen molar-refractivity contribution in [1.82, 2.24) is 0 Å². The molecule has 0 heterocycles. The summed E-state index contributed by atoms with van der Waals surface area (Å²) in [5, 5.41) is 0. The van der Waals surface area contributed by atoms with Gasteiger partial charge in [0.2, 0.25) is 0 Å². The zero-order valence-electron chi connectivity index (χ0n) is 17.0. The molecule has 1 rings (SSSR count). The van der Waals surface area contributed by atoms with Gasteiger partial charge in [0.1, 0.15) is 18.1 Å². The summed E-state index contributed by atoms with van der Waals surface area (Å²) in [5.41, 5.74) is 0. The van der Waals surface area contributed by atoms with Crippen molar-refractivity contribution in [3.8, 4) is 11.5 Å². The molecule has 0 radical (unpaired) electrons. The Labute approximate surface area is 164 Å². The maximum atomic E-state index is 5.57. The highest BCUT2D eigenvalue weighted by Gasteiger charge is 1.96. The van der Waals surface area contributed by atoms with Crippen LogP contribution in [0.4, 0.5) is 0 Å². The van der Waals surface area contributed by atoms with Crippen LogP contribution in [0.1, 0.15) is 32.6 Å². The molecule has 0 saturated heterocycles. The van der Waals surface area contributed by atoms with E-state index in [9.17, 15) is 0 Å². The van der Waals surface area contributed by atoms with E-state index >= 15 is 0 Å². The van der Waals surface area contributed by atoms with Crippen molar-refractivity contribution >= 4 is 0 Å². The molecule has 0 aromatic heterocycles. The second-order valence-corrected chi connectivity index (χ2v) is 6.03. The van der Waals surface area contributed by atoms with Crippen molar-refractivity contribution in [2.45, 2.75) is 32.6 Å². The largest absolute Gasteiger partial charge is 0.497 e. The summed E-state index contributed by atoms with van der Waals surface area (Å²) in [6.45, 7) is 7.62. The Kier molecular flexibility index (Phi) is 15.8. The lowest BCUT2D eigenvalue weighted by molar-refractivity contribution is -0.00487. The van der Waals surface area contributed by atoms with E-state index in [1.165, 1.54) is 19.3 Å². The molecule has 6 heteroatoms. The minimum atomic E-state index is 0.508. The van der Waals surface area contributed by atoms with E-state index in [2.05, 4.69) is 6.92 Å². The van der Waals surface area contributed by atoms with Gasteiger partial charge in [-0.15, -0.1) is 0 Å². The minimum absolute atomic E-state index is 0.508. The zero-order chi connectivity index (χ0) is 19.4. The molecule has 0 atom stereocenters. The van der Waals surface area contributed by atoms with Crippen LogP contribution in [0.3, 0.4) is 0 Å². The quantitative estimate of drug-likeness (QED) is 0.339. The fraction of sp³-hybridized carbons (Fsp3) is 0.714. The predicted molar refractivity (Wildman–Crippen MR) is 106 cm³/mol. The fourth-order valence-corrected chi connectivity index (χ4v) is 2.28. The third-order valence-electron chi connectivity index (χ3n) is 3.81. The van der Waals surface area contributed by atoms with Crippen LogP contribution in [0.2, 0.25) is 0 Å². The molecule has 0 saturated carbocycles. The summed E-state index contributed by atoms with van der Waals surface area (Å²) in [5.74, 6) is 1.62. The molecule has 0 fully saturated rings. The molecule has 0 unspecified atom stereocenters. The summed E-state index contributed by atoms with van der Waals surface area (Å²) < 4.78 is 32.5. The Morgan fingerprint density at radius 2 is 1.04 bits per heavy atom. The molecule has 0 aliphatic rings. The summed E-state index contributed by atoms with van der Waals surface area (Å²) in [7, 11) is 1.64. The Balaban J connectivity index is 1.75. The van der Waals surface area contributed by atoms with Gasteiger partial charge in [-0.3, -0.25) is 0 Å². The zero-order valence-corrected chi connectivity index (χ0v) is 17.0. The van der Waals surface area contributed by atoms with Crippen molar-refractivity contribution < 1.29 is 28.4 Å². The molecule has 1 aromatic rings. The second kappa shape index (κ2) is 18.0. The van der Waals surface area contributed by atoms with Gasteiger partial charge in [-0.2, -0.15) is 0 Å². The molecule has 27 heavy (non-hydrogen) atoms.